The number of hydrogen-bond donors (Lipinski definition) is 0. The van der Waals surface area contributed by atoms with Crippen LogP contribution in [0.5, 0.6) is 0 Å². The third-order valence-corrected chi connectivity index (χ3v) is 8.43. The predicted molar refractivity (Wildman–Crippen MR) is 148 cm³/mol. The number of likely N-dealkylation sites (N-methyl/N-ethyl adjacent to an activating group) is 1. The Hall–Kier alpha value is -3.96. The molecular weight excluding hydrogens is 522 g/mol. The van der Waals surface area contributed by atoms with Gasteiger partial charge in [0.1, 0.15) is 0 Å². The molecule has 0 aliphatic carbocycles. The number of sulfone groups is 1. The number of hydrogen-bond acceptors (Lipinski definition) is 9. The molecule has 38 heavy (non-hydrogen) atoms. The zero-order valence-corrected chi connectivity index (χ0v) is 22.7. The number of rotatable bonds is 8. The Morgan fingerprint density at radius 1 is 0.974 bits per heavy atom. The summed E-state index contributed by atoms with van der Waals surface area (Å²) in [5.74, 6) is -0.507. The molecule has 0 atom stereocenters. The van der Waals surface area contributed by atoms with Gasteiger partial charge in [0, 0.05) is 31.6 Å². The van der Waals surface area contributed by atoms with Gasteiger partial charge in [0.2, 0.25) is 5.13 Å². The Morgan fingerprint density at radius 3 is 2.32 bits per heavy atom. The summed E-state index contributed by atoms with van der Waals surface area (Å²) in [7, 11) is -3.30. The molecule has 5 rings (SSSR count). The van der Waals surface area contributed by atoms with E-state index in [1.54, 1.807) is 36.4 Å². The van der Waals surface area contributed by atoms with Crippen LogP contribution in [0, 0.1) is 6.92 Å². The Bertz CT molecular complexity index is 1680. The predicted octanol–water partition coefficient (Wildman–Crippen LogP) is 5.55. The van der Waals surface area contributed by atoms with Gasteiger partial charge in [-0.3, -0.25) is 14.5 Å². The lowest BCUT2D eigenvalue weighted by Crippen LogP contribution is -2.38. The molecule has 3 aromatic carbocycles. The highest BCUT2D eigenvalue weighted by Crippen LogP contribution is 2.32. The monoisotopic (exact) mass is 547 g/mol. The molecule has 2 amide bonds. The van der Waals surface area contributed by atoms with Crippen molar-refractivity contribution in [2.75, 3.05) is 30.8 Å². The summed E-state index contributed by atoms with van der Waals surface area (Å²) in [5.41, 5.74) is 4.12. The number of benzene rings is 3. The second kappa shape index (κ2) is 10.1. The fourth-order valence-corrected chi connectivity index (χ4v) is 5.89. The van der Waals surface area contributed by atoms with E-state index in [2.05, 4.69) is 20.1 Å². The summed E-state index contributed by atoms with van der Waals surface area (Å²) in [4.78, 5) is 33.4. The van der Waals surface area contributed by atoms with Gasteiger partial charge < -0.3 is 4.90 Å². The average molecular weight is 548 g/mol. The number of thiazole rings is 1. The number of anilines is 1. The van der Waals surface area contributed by atoms with Crippen molar-refractivity contribution in [2.45, 2.75) is 18.7 Å². The minimum atomic E-state index is -3.30. The number of carbonyl (C=O) groups excluding carboxylic acids is 2. The number of aromatic nitrogens is 1. The van der Waals surface area contributed by atoms with Crippen LogP contribution in [0.1, 0.15) is 33.2 Å². The van der Waals surface area contributed by atoms with E-state index >= 15 is 0 Å². The first-order valence-corrected chi connectivity index (χ1v) is 14.7. The van der Waals surface area contributed by atoms with Crippen molar-refractivity contribution in [1.82, 2.24) is 9.88 Å². The normalized spacial score (nSPS) is 13.6. The molecule has 1 aromatic heterocycles. The van der Waals surface area contributed by atoms with Crippen molar-refractivity contribution in [3.63, 3.8) is 0 Å². The number of imide groups is 1. The van der Waals surface area contributed by atoms with Crippen molar-refractivity contribution in [3.8, 4) is 0 Å². The second-order valence-electron chi connectivity index (χ2n) is 8.96. The van der Waals surface area contributed by atoms with E-state index < -0.39 is 9.84 Å². The third kappa shape index (κ3) is 4.94. The standard InChI is InChI=1S/C27H25N5O4S2/c1-4-31(13-14-32-25(33)20-7-5-6-8-21(20)26(32)34)18-9-11-22(17(2)15-18)29-30-27-28-23-12-10-19(38(3,35)36)16-24(23)37-27/h5-12,15-16H,4,13-14H2,1-3H3. The van der Waals surface area contributed by atoms with Gasteiger partial charge >= 0.3 is 0 Å². The molecular formula is C27H25N5O4S2. The van der Waals surface area contributed by atoms with E-state index in [9.17, 15) is 18.0 Å². The van der Waals surface area contributed by atoms with Crippen molar-refractivity contribution in [2.24, 2.45) is 10.2 Å². The maximum Gasteiger partial charge on any atom is 0.261 e. The quantitative estimate of drug-likeness (QED) is 0.211. The molecule has 2 heterocycles. The zero-order valence-electron chi connectivity index (χ0n) is 21.1. The topological polar surface area (TPSA) is 112 Å². The molecule has 9 nitrogen and oxygen atoms in total. The van der Waals surface area contributed by atoms with Gasteiger partial charge in [-0.15, -0.1) is 10.2 Å². The Labute approximate surface area is 224 Å². The SMILES string of the molecule is CCN(CCN1C(=O)c2ccccc2C1=O)c1ccc(N=Nc2nc3ccc(S(C)(=O)=O)cc3s2)c(C)c1. The van der Waals surface area contributed by atoms with Crippen LogP contribution >= 0.6 is 11.3 Å². The largest absolute Gasteiger partial charge is 0.370 e. The lowest BCUT2D eigenvalue weighted by atomic mass is 10.1. The number of amides is 2. The van der Waals surface area contributed by atoms with Gasteiger partial charge in [-0.05, 0) is 67.9 Å². The molecule has 0 N–H and O–H groups in total. The van der Waals surface area contributed by atoms with E-state index in [1.807, 2.05) is 32.0 Å². The van der Waals surface area contributed by atoms with Gasteiger partial charge in [0.15, 0.2) is 9.84 Å². The van der Waals surface area contributed by atoms with Gasteiger partial charge in [0.25, 0.3) is 11.8 Å². The minimum Gasteiger partial charge on any atom is -0.370 e. The fourth-order valence-electron chi connectivity index (χ4n) is 4.34. The van der Waals surface area contributed by atoms with Crippen LogP contribution in [-0.4, -0.2) is 56.0 Å². The molecule has 0 saturated heterocycles. The first-order chi connectivity index (χ1) is 18.2. The Kier molecular flexibility index (Phi) is 6.80. The van der Waals surface area contributed by atoms with E-state index in [0.717, 1.165) is 16.0 Å². The highest BCUT2D eigenvalue weighted by atomic mass is 32.2. The molecule has 4 aromatic rings. The van der Waals surface area contributed by atoms with Crippen molar-refractivity contribution in [1.29, 1.82) is 0 Å². The summed E-state index contributed by atoms with van der Waals surface area (Å²) in [6, 6.07) is 17.5. The van der Waals surface area contributed by atoms with Crippen LogP contribution in [0.4, 0.5) is 16.5 Å². The maximum atomic E-state index is 12.7. The smallest absolute Gasteiger partial charge is 0.261 e. The molecule has 0 unspecified atom stereocenters. The van der Waals surface area contributed by atoms with E-state index in [-0.39, 0.29) is 16.7 Å². The van der Waals surface area contributed by atoms with Crippen LogP contribution in [-0.2, 0) is 9.84 Å². The molecule has 0 radical (unpaired) electrons. The summed E-state index contributed by atoms with van der Waals surface area (Å²) in [5, 5.41) is 9.07. The Balaban J connectivity index is 1.29. The second-order valence-corrected chi connectivity index (χ2v) is 12.0. The highest BCUT2D eigenvalue weighted by molar-refractivity contribution is 7.90. The molecule has 0 spiro atoms. The summed E-state index contributed by atoms with van der Waals surface area (Å²) in [6.45, 7) is 5.45. The number of fused-ring (bicyclic) bond motifs is 2. The van der Waals surface area contributed by atoms with E-state index in [0.29, 0.717) is 47.1 Å². The van der Waals surface area contributed by atoms with Crippen molar-refractivity contribution >= 4 is 59.7 Å². The first-order valence-electron chi connectivity index (χ1n) is 12.0. The number of nitrogens with zero attached hydrogens (tertiary/aromatic N) is 5. The minimum absolute atomic E-state index is 0.243. The summed E-state index contributed by atoms with van der Waals surface area (Å²) in [6.07, 6.45) is 1.17. The summed E-state index contributed by atoms with van der Waals surface area (Å²) >= 11 is 1.27. The van der Waals surface area contributed by atoms with Crippen LogP contribution in [0.15, 0.2) is 75.8 Å². The number of azo groups is 1. The molecule has 0 fully saturated rings. The van der Waals surface area contributed by atoms with Crippen LogP contribution in [0.25, 0.3) is 10.2 Å². The average Bonchev–Trinajstić information content (AvgIpc) is 3.41. The summed E-state index contributed by atoms with van der Waals surface area (Å²) < 4.78 is 24.4. The van der Waals surface area contributed by atoms with Crippen LogP contribution in [0.2, 0.25) is 0 Å². The molecule has 194 valence electrons. The lowest BCUT2D eigenvalue weighted by molar-refractivity contribution is 0.0658. The van der Waals surface area contributed by atoms with Gasteiger partial charge in [-0.2, -0.15) is 0 Å². The van der Waals surface area contributed by atoms with Gasteiger partial charge in [-0.25, -0.2) is 13.4 Å². The molecule has 0 bridgehead atoms. The van der Waals surface area contributed by atoms with E-state index in [4.69, 9.17) is 0 Å². The fraction of sp³-hybridized carbons (Fsp3) is 0.222. The van der Waals surface area contributed by atoms with Crippen molar-refractivity contribution in [3.05, 3.63) is 77.4 Å². The highest BCUT2D eigenvalue weighted by Gasteiger charge is 2.34. The van der Waals surface area contributed by atoms with Gasteiger partial charge in [0.05, 0.1) is 31.9 Å². The molecule has 1 aliphatic rings. The van der Waals surface area contributed by atoms with Gasteiger partial charge in [-0.1, -0.05) is 23.5 Å². The first kappa shape index (κ1) is 25.7. The number of aryl methyl sites for hydroxylation is 1. The lowest BCUT2D eigenvalue weighted by Gasteiger charge is -2.26. The van der Waals surface area contributed by atoms with E-state index in [1.165, 1.54) is 28.6 Å². The Morgan fingerprint density at radius 2 is 1.68 bits per heavy atom. The number of carbonyl (C=O) groups is 2. The molecule has 11 heteroatoms. The van der Waals surface area contributed by atoms with Crippen LogP contribution in [0.3, 0.4) is 0 Å². The molecule has 0 saturated carbocycles. The van der Waals surface area contributed by atoms with Crippen molar-refractivity contribution < 1.29 is 18.0 Å². The third-order valence-electron chi connectivity index (χ3n) is 6.42. The van der Waals surface area contributed by atoms with Crippen LogP contribution < -0.4 is 4.90 Å². The maximum absolute atomic E-state index is 12.7. The zero-order chi connectivity index (χ0) is 27.0. The molecule has 1 aliphatic heterocycles.